The average molecular weight is 354 g/mol. The van der Waals surface area contributed by atoms with E-state index in [0.29, 0.717) is 0 Å². The van der Waals surface area contributed by atoms with Crippen molar-refractivity contribution in [1.29, 1.82) is 0 Å². The van der Waals surface area contributed by atoms with Crippen molar-refractivity contribution in [2.75, 3.05) is 12.5 Å². The molecule has 0 aliphatic carbocycles. The summed E-state index contributed by atoms with van der Waals surface area (Å²) in [7, 11) is 1.63. The molecule has 2 heterocycles. The first-order valence-corrected chi connectivity index (χ1v) is 7.81. The van der Waals surface area contributed by atoms with Crippen LogP contribution in [-0.2, 0) is 0 Å². The largest absolute Gasteiger partial charge is 0.495 e. The number of rotatable bonds is 5. The van der Waals surface area contributed by atoms with E-state index in [4.69, 9.17) is 4.74 Å². The number of benzene rings is 1. The van der Waals surface area contributed by atoms with Gasteiger partial charge in [0.05, 0.1) is 19.0 Å². The molecule has 9 nitrogen and oxygen atoms in total. The number of anilines is 1. The van der Waals surface area contributed by atoms with Crippen LogP contribution >= 0.6 is 0 Å². The highest BCUT2D eigenvalue weighted by atomic mass is 16.5. The molecule has 0 amide bonds. The van der Waals surface area contributed by atoms with Crippen molar-refractivity contribution in [3.05, 3.63) is 68.1 Å². The summed E-state index contributed by atoms with van der Waals surface area (Å²) in [6.45, 7) is 3.95. The summed E-state index contributed by atoms with van der Waals surface area (Å²) in [4.78, 5) is 24.6. The van der Waals surface area contributed by atoms with Crippen LogP contribution in [0.4, 0.5) is 5.82 Å². The Morgan fingerprint density at radius 2 is 2.04 bits per heavy atom. The third-order valence-corrected chi connectivity index (χ3v) is 3.88. The van der Waals surface area contributed by atoms with Gasteiger partial charge in [-0.1, -0.05) is 12.1 Å². The van der Waals surface area contributed by atoms with E-state index in [1.807, 2.05) is 44.2 Å². The molecule has 3 aromatic rings. The molecule has 134 valence electrons. The molecule has 3 N–H and O–H groups in total. The van der Waals surface area contributed by atoms with E-state index in [1.165, 1.54) is 0 Å². The SMILES string of the molecule is COc1ccccc1-n1c(C)cc(C=NNc2n[nH]c(=O)[nH]c2=O)c1C. The summed E-state index contributed by atoms with van der Waals surface area (Å²) >= 11 is 0. The Kier molecular flexibility index (Phi) is 4.70. The number of nitrogens with one attached hydrogen (secondary N) is 3. The lowest BCUT2D eigenvalue weighted by atomic mass is 10.2. The molecule has 26 heavy (non-hydrogen) atoms. The first kappa shape index (κ1) is 17.2. The molecule has 0 aliphatic rings. The highest BCUT2D eigenvalue weighted by molar-refractivity contribution is 5.82. The number of aryl methyl sites for hydroxylation is 1. The van der Waals surface area contributed by atoms with Gasteiger partial charge in [-0.3, -0.25) is 15.2 Å². The van der Waals surface area contributed by atoms with Gasteiger partial charge in [-0.25, -0.2) is 9.89 Å². The topological polar surface area (TPSA) is 117 Å². The van der Waals surface area contributed by atoms with Gasteiger partial charge >= 0.3 is 5.69 Å². The fourth-order valence-electron chi connectivity index (χ4n) is 2.69. The van der Waals surface area contributed by atoms with Gasteiger partial charge in [-0.05, 0) is 32.0 Å². The quantitative estimate of drug-likeness (QED) is 0.472. The number of methoxy groups -OCH3 is 1. The van der Waals surface area contributed by atoms with E-state index in [9.17, 15) is 9.59 Å². The fraction of sp³-hybridized carbons (Fsp3) is 0.176. The summed E-state index contributed by atoms with van der Waals surface area (Å²) in [5.74, 6) is 0.666. The number of aromatic nitrogens is 4. The van der Waals surface area contributed by atoms with Crippen LogP contribution in [0.25, 0.3) is 5.69 Å². The van der Waals surface area contributed by atoms with Crippen LogP contribution < -0.4 is 21.4 Å². The standard InChI is InChI=1S/C17H18N6O3/c1-10-8-12(9-18-20-15-16(24)19-17(25)22-21-15)11(2)23(10)13-6-4-5-7-14(13)26-3/h4-9H,1-3H3,(H,20,21)(H2,19,22,24,25). The van der Waals surface area contributed by atoms with Gasteiger partial charge in [0.2, 0.25) is 5.82 Å². The second-order valence-corrected chi connectivity index (χ2v) is 5.56. The number of hydrogen-bond donors (Lipinski definition) is 3. The van der Waals surface area contributed by atoms with Gasteiger partial charge < -0.3 is 9.30 Å². The molecular formula is C17H18N6O3. The number of ether oxygens (including phenoxy) is 1. The summed E-state index contributed by atoms with van der Waals surface area (Å²) < 4.78 is 7.50. The van der Waals surface area contributed by atoms with Crippen molar-refractivity contribution >= 4 is 12.0 Å². The molecule has 0 radical (unpaired) electrons. The lowest BCUT2D eigenvalue weighted by Crippen LogP contribution is -2.25. The van der Waals surface area contributed by atoms with Crippen LogP contribution in [0.3, 0.4) is 0 Å². The van der Waals surface area contributed by atoms with E-state index < -0.39 is 11.2 Å². The van der Waals surface area contributed by atoms with Gasteiger partial charge in [0.25, 0.3) is 5.56 Å². The average Bonchev–Trinajstić information content (AvgIpc) is 2.90. The molecule has 0 saturated carbocycles. The Balaban J connectivity index is 1.90. The lowest BCUT2D eigenvalue weighted by molar-refractivity contribution is 0.412. The number of hydrazone groups is 1. The minimum Gasteiger partial charge on any atom is -0.495 e. The van der Waals surface area contributed by atoms with Crippen LogP contribution in [0.2, 0.25) is 0 Å². The van der Waals surface area contributed by atoms with Gasteiger partial charge in [-0.15, -0.1) is 5.10 Å². The predicted molar refractivity (Wildman–Crippen MR) is 98.5 cm³/mol. The van der Waals surface area contributed by atoms with Crippen LogP contribution in [0.5, 0.6) is 5.75 Å². The van der Waals surface area contributed by atoms with Crippen LogP contribution in [0.15, 0.2) is 45.0 Å². The van der Waals surface area contributed by atoms with Gasteiger partial charge in [-0.2, -0.15) is 5.10 Å². The summed E-state index contributed by atoms with van der Waals surface area (Å²) in [6, 6.07) is 9.70. The second kappa shape index (κ2) is 7.09. The van der Waals surface area contributed by atoms with E-state index in [-0.39, 0.29) is 5.82 Å². The molecule has 0 unspecified atom stereocenters. The number of hydrogen-bond acceptors (Lipinski definition) is 6. The zero-order chi connectivity index (χ0) is 18.7. The van der Waals surface area contributed by atoms with Crippen molar-refractivity contribution in [1.82, 2.24) is 19.7 Å². The highest BCUT2D eigenvalue weighted by Crippen LogP contribution is 2.27. The van der Waals surface area contributed by atoms with Crippen molar-refractivity contribution in [2.24, 2.45) is 5.10 Å². The summed E-state index contributed by atoms with van der Waals surface area (Å²) in [5.41, 5.74) is 4.95. The van der Waals surface area contributed by atoms with Gasteiger partial charge in [0, 0.05) is 17.0 Å². The zero-order valence-corrected chi connectivity index (χ0v) is 14.5. The Bertz CT molecular complexity index is 1080. The van der Waals surface area contributed by atoms with Crippen molar-refractivity contribution in [2.45, 2.75) is 13.8 Å². The maximum Gasteiger partial charge on any atom is 0.342 e. The number of aromatic amines is 2. The molecule has 0 spiro atoms. The highest BCUT2D eigenvalue weighted by Gasteiger charge is 2.12. The number of para-hydroxylation sites is 2. The Morgan fingerprint density at radius 1 is 1.27 bits per heavy atom. The molecule has 2 aromatic heterocycles. The van der Waals surface area contributed by atoms with E-state index >= 15 is 0 Å². The monoisotopic (exact) mass is 354 g/mol. The lowest BCUT2D eigenvalue weighted by Gasteiger charge is -2.13. The molecule has 3 rings (SSSR count). The maximum absolute atomic E-state index is 11.6. The van der Waals surface area contributed by atoms with Crippen LogP contribution in [-0.4, -0.2) is 33.1 Å². The molecule has 9 heteroatoms. The van der Waals surface area contributed by atoms with Crippen LogP contribution in [0.1, 0.15) is 17.0 Å². The van der Waals surface area contributed by atoms with E-state index in [0.717, 1.165) is 28.4 Å². The smallest absolute Gasteiger partial charge is 0.342 e. The van der Waals surface area contributed by atoms with E-state index in [2.05, 4.69) is 30.3 Å². The third kappa shape index (κ3) is 3.27. The predicted octanol–water partition coefficient (Wildman–Crippen LogP) is 1.32. The molecular weight excluding hydrogens is 336 g/mol. The third-order valence-electron chi connectivity index (χ3n) is 3.88. The first-order chi connectivity index (χ1) is 12.5. The first-order valence-electron chi connectivity index (χ1n) is 7.81. The van der Waals surface area contributed by atoms with E-state index in [1.54, 1.807) is 13.3 Å². The fourth-order valence-corrected chi connectivity index (χ4v) is 2.69. The molecule has 0 aliphatic heterocycles. The number of H-pyrrole nitrogens is 2. The molecule has 0 atom stereocenters. The Morgan fingerprint density at radius 3 is 2.77 bits per heavy atom. The van der Waals surface area contributed by atoms with Crippen molar-refractivity contribution < 1.29 is 4.74 Å². The Hall–Kier alpha value is -3.62. The molecule has 0 saturated heterocycles. The summed E-state index contributed by atoms with van der Waals surface area (Å²) in [6.07, 6.45) is 1.58. The molecule has 1 aromatic carbocycles. The van der Waals surface area contributed by atoms with Crippen molar-refractivity contribution in [3.8, 4) is 11.4 Å². The van der Waals surface area contributed by atoms with Gasteiger partial charge in [0.15, 0.2) is 0 Å². The number of nitrogens with zero attached hydrogens (tertiary/aromatic N) is 3. The van der Waals surface area contributed by atoms with Gasteiger partial charge in [0.1, 0.15) is 5.75 Å². The zero-order valence-electron chi connectivity index (χ0n) is 14.5. The normalized spacial score (nSPS) is 11.0. The van der Waals surface area contributed by atoms with Crippen LogP contribution in [0, 0.1) is 13.8 Å². The second-order valence-electron chi connectivity index (χ2n) is 5.56. The Labute approximate surface area is 148 Å². The minimum atomic E-state index is -0.676. The van der Waals surface area contributed by atoms with Crippen molar-refractivity contribution in [3.63, 3.8) is 0 Å². The summed E-state index contributed by atoms with van der Waals surface area (Å²) in [5, 5.41) is 9.76. The molecule has 0 fully saturated rings. The molecule has 0 bridgehead atoms. The minimum absolute atomic E-state index is 0.0978. The maximum atomic E-state index is 11.6.